The van der Waals surface area contributed by atoms with E-state index in [-0.39, 0.29) is 0 Å². The average Bonchev–Trinajstić information content (AvgIpc) is 2.56. The number of halogens is 1. The molecule has 1 N–H and O–H groups in total. The Hall–Kier alpha value is -0.800. The first kappa shape index (κ1) is 12.7. The summed E-state index contributed by atoms with van der Waals surface area (Å²) < 4.78 is 3.51. The fourth-order valence-electron chi connectivity index (χ4n) is 2.52. The molecule has 0 bridgehead atoms. The lowest BCUT2D eigenvalue weighted by atomic mass is 10.1. The van der Waals surface area contributed by atoms with Gasteiger partial charge in [-0.05, 0) is 54.9 Å². The number of hydrogen-bond donors (Lipinski definition) is 1. The second kappa shape index (κ2) is 4.46. The van der Waals surface area contributed by atoms with Gasteiger partial charge in [0.1, 0.15) is 0 Å². The minimum absolute atomic E-state index is 0.334. The molecule has 17 heavy (non-hydrogen) atoms. The Morgan fingerprint density at radius 3 is 2.35 bits per heavy atom. The van der Waals surface area contributed by atoms with Crippen molar-refractivity contribution in [3.05, 3.63) is 33.4 Å². The average molecular weight is 295 g/mol. The minimum atomic E-state index is 0.334. The molecule has 0 saturated carbocycles. The van der Waals surface area contributed by atoms with Gasteiger partial charge in [0, 0.05) is 28.6 Å². The van der Waals surface area contributed by atoms with Crippen molar-refractivity contribution in [1.82, 2.24) is 9.88 Å². The van der Waals surface area contributed by atoms with Crippen molar-refractivity contribution in [2.45, 2.75) is 26.8 Å². The standard InChI is InChI=1S/C14H19BrN2/c1-8-6-7-9(2)13-11(8)12(15)14(17(13)5)10(3)16-4/h6-7,10,16H,1-5H3. The van der Waals surface area contributed by atoms with Crippen molar-refractivity contribution in [3.63, 3.8) is 0 Å². The van der Waals surface area contributed by atoms with Crippen molar-refractivity contribution in [2.75, 3.05) is 7.05 Å². The Kier molecular flexibility index (Phi) is 3.32. The van der Waals surface area contributed by atoms with Crippen LogP contribution in [0.5, 0.6) is 0 Å². The molecule has 0 amide bonds. The van der Waals surface area contributed by atoms with Crippen LogP contribution in [0.25, 0.3) is 10.9 Å². The molecule has 1 heterocycles. The van der Waals surface area contributed by atoms with E-state index in [0.29, 0.717) is 6.04 Å². The molecule has 2 nitrogen and oxygen atoms in total. The third-order valence-electron chi connectivity index (χ3n) is 3.57. The van der Waals surface area contributed by atoms with E-state index >= 15 is 0 Å². The molecule has 1 atom stereocenters. The summed E-state index contributed by atoms with van der Waals surface area (Å²) in [5.74, 6) is 0. The van der Waals surface area contributed by atoms with Crippen molar-refractivity contribution >= 4 is 26.8 Å². The van der Waals surface area contributed by atoms with Gasteiger partial charge in [-0.2, -0.15) is 0 Å². The minimum Gasteiger partial charge on any atom is -0.345 e. The summed E-state index contributed by atoms with van der Waals surface area (Å²) in [5.41, 5.74) is 5.28. The maximum atomic E-state index is 3.77. The highest BCUT2D eigenvalue weighted by Crippen LogP contribution is 2.37. The highest BCUT2D eigenvalue weighted by Gasteiger charge is 2.19. The van der Waals surface area contributed by atoms with E-state index in [1.807, 2.05) is 7.05 Å². The van der Waals surface area contributed by atoms with E-state index in [1.165, 1.54) is 32.2 Å². The molecular formula is C14H19BrN2. The fourth-order valence-corrected chi connectivity index (χ4v) is 3.63. The zero-order valence-corrected chi connectivity index (χ0v) is 12.6. The predicted octanol–water partition coefficient (Wildman–Crippen LogP) is 3.84. The van der Waals surface area contributed by atoms with Crippen LogP contribution in [0.15, 0.2) is 16.6 Å². The molecule has 92 valence electrons. The lowest BCUT2D eigenvalue weighted by Gasteiger charge is -2.13. The molecule has 2 rings (SSSR count). The van der Waals surface area contributed by atoms with Crippen LogP contribution in [-0.4, -0.2) is 11.6 Å². The molecule has 0 aliphatic heterocycles. The topological polar surface area (TPSA) is 17.0 Å². The zero-order valence-electron chi connectivity index (χ0n) is 11.1. The third kappa shape index (κ3) is 1.81. The largest absolute Gasteiger partial charge is 0.345 e. The molecule has 0 aliphatic carbocycles. The number of fused-ring (bicyclic) bond motifs is 1. The van der Waals surface area contributed by atoms with Crippen molar-refractivity contribution in [2.24, 2.45) is 7.05 Å². The predicted molar refractivity (Wildman–Crippen MR) is 77.6 cm³/mol. The Balaban J connectivity index is 2.90. The fraction of sp³-hybridized carbons (Fsp3) is 0.429. The van der Waals surface area contributed by atoms with E-state index in [1.54, 1.807) is 0 Å². The van der Waals surface area contributed by atoms with Crippen LogP contribution in [0, 0.1) is 13.8 Å². The normalized spacial score (nSPS) is 13.3. The number of benzene rings is 1. The van der Waals surface area contributed by atoms with E-state index in [0.717, 1.165) is 0 Å². The SMILES string of the molecule is CNC(C)c1c(Br)c2c(C)ccc(C)c2n1C. The molecule has 0 fully saturated rings. The molecule has 3 heteroatoms. The molecular weight excluding hydrogens is 276 g/mol. The maximum absolute atomic E-state index is 3.77. The van der Waals surface area contributed by atoms with E-state index in [2.05, 4.69) is 65.8 Å². The summed E-state index contributed by atoms with van der Waals surface area (Å²) in [7, 11) is 4.14. The molecule has 2 aromatic rings. The lowest BCUT2D eigenvalue weighted by Crippen LogP contribution is -2.16. The first-order valence-electron chi connectivity index (χ1n) is 5.90. The van der Waals surface area contributed by atoms with Crippen LogP contribution in [-0.2, 0) is 7.05 Å². The second-order valence-electron chi connectivity index (χ2n) is 4.69. The molecule has 0 aliphatic rings. The van der Waals surface area contributed by atoms with Gasteiger partial charge < -0.3 is 9.88 Å². The summed E-state index contributed by atoms with van der Waals surface area (Å²) in [5, 5.41) is 4.65. The van der Waals surface area contributed by atoms with Gasteiger partial charge in [0.05, 0.1) is 5.52 Å². The summed E-state index contributed by atoms with van der Waals surface area (Å²) in [6, 6.07) is 4.72. The van der Waals surface area contributed by atoms with Gasteiger partial charge in [-0.25, -0.2) is 0 Å². The molecule has 0 radical (unpaired) electrons. The van der Waals surface area contributed by atoms with Crippen LogP contribution in [0.4, 0.5) is 0 Å². The first-order valence-corrected chi connectivity index (χ1v) is 6.69. The molecule has 1 aromatic carbocycles. The number of rotatable bonds is 2. The number of aryl methyl sites for hydroxylation is 3. The van der Waals surface area contributed by atoms with Crippen molar-refractivity contribution in [3.8, 4) is 0 Å². The van der Waals surface area contributed by atoms with Gasteiger partial charge in [0.25, 0.3) is 0 Å². The summed E-state index contributed by atoms with van der Waals surface area (Å²) >= 11 is 3.77. The summed E-state index contributed by atoms with van der Waals surface area (Å²) in [4.78, 5) is 0. The van der Waals surface area contributed by atoms with Crippen LogP contribution >= 0.6 is 15.9 Å². The number of hydrogen-bond acceptors (Lipinski definition) is 1. The first-order chi connectivity index (χ1) is 7.99. The smallest absolute Gasteiger partial charge is 0.0524 e. The second-order valence-corrected chi connectivity index (χ2v) is 5.48. The van der Waals surface area contributed by atoms with Gasteiger partial charge >= 0.3 is 0 Å². The van der Waals surface area contributed by atoms with Gasteiger partial charge in [0.2, 0.25) is 0 Å². The van der Waals surface area contributed by atoms with E-state index in [9.17, 15) is 0 Å². The highest BCUT2D eigenvalue weighted by molar-refractivity contribution is 9.10. The molecule has 1 aromatic heterocycles. The molecule has 0 spiro atoms. The highest BCUT2D eigenvalue weighted by atomic mass is 79.9. The number of aromatic nitrogens is 1. The Labute approximate surface area is 111 Å². The summed E-state index contributed by atoms with van der Waals surface area (Å²) in [6.45, 7) is 6.52. The van der Waals surface area contributed by atoms with Gasteiger partial charge in [-0.15, -0.1) is 0 Å². The van der Waals surface area contributed by atoms with Gasteiger partial charge in [0.15, 0.2) is 0 Å². The van der Waals surface area contributed by atoms with Crippen molar-refractivity contribution in [1.29, 1.82) is 0 Å². The van der Waals surface area contributed by atoms with E-state index < -0.39 is 0 Å². The number of nitrogens with one attached hydrogen (secondary N) is 1. The van der Waals surface area contributed by atoms with Crippen LogP contribution in [0.1, 0.15) is 29.8 Å². The van der Waals surface area contributed by atoms with Crippen LogP contribution < -0.4 is 5.32 Å². The monoisotopic (exact) mass is 294 g/mol. The maximum Gasteiger partial charge on any atom is 0.0524 e. The Morgan fingerprint density at radius 2 is 1.82 bits per heavy atom. The third-order valence-corrected chi connectivity index (χ3v) is 4.38. The Bertz CT molecular complexity index is 524. The van der Waals surface area contributed by atoms with E-state index in [4.69, 9.17) is 0 Å². The summed E-state index contributed by atoms with van der Waals surface area (Å²) in [6.07, 6.45) is 0. The van der Waals surface area contributed by atoms with Crippen molar-refractivity contribution < 1.29 is 0 Å². The lowest BCUT2D eigenvalue weighted by molar-refractivity contribution is 0.606. The van der Waals surface area contributed by atoms with Gasteiger partial charge in [-0.3, -0.25) is 0 Å². The molecule has 0 saturated heterocycles. The quantitative estimate of drug-likeness (QED) is 0.890. The zero-order chi connectivity index (χ0) is 12.7. The molecule has 1 unspecified atom stereocenters. The number of nitrogens with zero attached hydrogens (tertiary/aromatic N) is 1. The van der Waals surface area contributed by atoms with Crippen LogP contribution in [0.3, 0.4) is 0 Å². The van der Waals surface area contributed by atoms with Crippen LogP contribution in [0.2, 0.25) is 0 Å². The Morgan fingerprint density at radius 1 is 1.24 bits per heavy atom. The van der Waals surface area contributed by atoms with Gasteiger partial charge in [-0.1, -0.05) is 12.1 Å².